The molecule has 1 aromatic carbocycles. The van der Waals surface area contributed by atoms with Gasteiger partial charge in [-0.3, -0.25) is 0 Å². The molecule has 18 heavy (non-hydrogen) atoms. The Bertz CT molecular complexity index is 442. The molecule has 1 aliphatic rings. The van der Waals surface area contributed by atoms with E-state index in [1.807, 2.05) is 18.2 Å². The van der Waals surface area contributed by atoms with Crippen LogP contribution in [0.15, 0.2) is 30.8 Å². The predicted octanol–water partition coefficient (Wildman–Crippen LogP) is 4.21. The minimum absolute atomic E-state index is 0.214. The highest BCUT2D eigenvalue weighted by Crippen LogP contribution is 2.36. The third kappa shape index (κ3) is 2.47. The molecule has 1 aromatic rings. The fourth-order valence-electron chi connectivity index (χ4n) is 2.66. The Balaban J connectivity index is 2.19. The molecule has 0 aromatic heterocycles. The summed E-state index contributed by atoms with van der Waals surface area (Å²) in [6, 6.07) is 7.45. The molecule has 0 aliphatic heterocycles. The van der Waals surface area contributed by atoms with Gasteiger partial charge >= 0.3 is 5.97 Å². The highest BCUT2D eigenvalue weighted by Gasteiger charge is 2.36. The molecule has 1 saturated carbocycles. The minimum Gasteiger partial charge on any atom is -0.455 e. The van der Waals surface area contributed by atoms with E-state index in [4.69, 9.17) is 4.74 Å². The molecule has 0 amide bonds. The van der Waals surface area contributed by atoms with Crippen LogP contribution in [-0.2, 0) is 4.74 Å². The Labute approximate surface area is 109 Å². The summed E-state index contributed by atoms with van der Waals surface area (Å²) in [5, 5.41) is 0. The van der Waals surface area contributed by atoms with Crippen LogP contribution in [0.1, 0.15) is 54.9 Å². The van der Waals surface area contributed by atoms with Crippen molar-refractivity contribution in [1.82, 2.24) is 0 Å². The lowest BCUT2D eigenvalue weighted by Crippen LogP contribution is -2.31. The normalized spacial score (nSPS) is 17.4. The lowest BCUT2D eigenvalue weighted by molar-refractivity contribution is -0.0172. The average molecular weight is 244 g/mol. The van der Waals surface area contributed by atoms with E-state index in [2.05, 4.69) is 13.5 Å². The summed E-state index contributed by atoms with van der Waals surface area (Å²) < 4.78 is 5.79. The summed E-state index contributed by atoms with van der Waals surface area (Å²) in [7, 11) is 0. The average Bonchev–Trinajstić information content (AvgIpc) is 2.87. The van der Waals surface area contributed by atoms with Crippen molar-refractivity contribution >= 4 is 12.0 Å². The number of carbonyl (C=O) groups excluding carboxylic acids is 1. The molecule has 0 spiro atoms. The highest BCUT2D eigenvalue weighted by atomic mass is 16.6. The van der Waals surface area contributed by atoms with Crippen LogP contribution >= 0.6 is 0 Å². The maximum Gasteiger partial charge on any atom is 0.339 e. The van der Waals surface area contributed by atoms with Gasteiger partial charge in [-0.05, 0) is 43.7 Å². The number of benzene rings is 1. The van der Waals surface area contributed by atoms with Gasteiger partial charge in [0.15, 0.2) is 0 Å². The van der Waals surface area contributed by atoms with E-state index >= 15 is 0 Å². The predicted molar refractivity (Wildman–Crippen MR) is 73.4 cm³/mol. The monoisotopic (exact) mass is 244 g/mol. The summed E-state index contributed by atoms with van der Waals surface area (Å²) >= 11 is 0. The van der Waals surface area contributed by atoms with Gasteiger partial charge in [0.2, 0.25) is 0 Å². The molecule has 0 unspecified atom stereocenters. The molecule has 0 saturated heterocycles. The number of esters is 1. The van der Waals surface area contributed by atoms with Crippen molar-refractivity contribution in [2.45, 2.75) is 44.6 Å². The van der Waals surface area contributed by atoms with Crippen molar-refractivity contribution in [3.8, 4) is 0 Å². The SMILES string of the molecule is C=Cc1ccccc1C(=O)OC1(CC)CCCC1. The van der Waals surface area contributed by atoms with Crippen LogP contribution in [0.25, 0.3) is 6.08 Å². The number of ether oxygens (including phenoxy) is 1. The van der Waals surface area contributed by atoms with E-state index in [1.165, 1.54) is 0 Å². The van der Waals surface area contributed by atoms with Crippen molar-refractivity contribution in [3.05, 3.63) is 42.0 Å². The Morgan fingerprint density at radius 3 is 2.67 bits per heavy atom. The van der Waals surface area contributed by atoms with E-state index in [-0.39, 0.29) is 11.6 Å². The first-order valence-corrected chi connectivity index (χ1v) is 6.65. The number of rotatable bonds is 4. The van der Waals surface area contributed by atoms with Gasteiger partial charge in [-0.25, -0.2) is 4.79 Å². The van der Waals surface area contributed by atoms with Crippen LogP contribution in [-0.4, -0.2) is 11.6 Å². The smallest absolute Gasteiger partial charge is 0.339 e. The van der Waals surface area contributed by atoms with Crippen LogP contribution in [0.4, 0.5) is 0 Å². The van der Waals surface area contributed by atoms with E-state index < -0.39 is 0 Å². The quantitative estimate of drug-likeness (QED) is 0.742. The second kappa shape index (κ2) is 5.38. The first-order chi connectivity index (χ1) is 8.71. The van der Waals surface area contributed by atoms with Gasteiger partial charge in [0.05, 0.1) is 5.56 Å². The van der Waals surface area contributed by atoms with Crippen LogP contribution in [0.3, 0.4) is 0 Å². The summed E-state index contributed by atoms with van der Waals surface area (Å²) in [6.07, 6.45) is 6.89. The van der Waals surface area contributed by atoms with Gasteiger partial charge < -0.3 is 4.74 Å². The third-order valence-electron chi connectivity index (χ3n) is 3.87. The van der Waals surface area contributed by atoms with Crippen molar-refractivity contribution in [1.29, 1.82) is 0 Å². The lowest BCUT2D eigenvalue weighted by Gasteiger charge is -2.28. The van der Waals surface area contributed by atoms with Gasteiger partial charge in [0.1, 0.15) is 5.60 Å². The maximum atomic E-state index is 12.3. The van der Waals surface area contributed by atoms with Crippen molar-refractivity contribution < 1.29 is 9.53 Å². The molecule has 1 fully saturated rings. The van der Waals surface area contributed by atoms with Gasteiger partial charge in [-0.2, -0.15) is 0 Å². The zero-order chi connectivity index (χ0) is 13.0. The molecule has 2 heteroatoms. The second-order valence-corrected chi connectivity index (χ2v) is 4.92. The maximum absolute atomic E-state index is 12.3. The number of hydrogen-bond donors (Lipinski definition) is 0. The third-order valence-corrected chi connectivity index (χ3v) is 3.87. The summed E-state index contributed by atoms with van der Waals surface area (Å²) in [6.45, 7) is 5.83. The molecule has 1 aliphatic carbocycles. The summed E-state index contributed by atoms with van der Waals surface area (Å²) in [5.74, 6) is -0.214. The molecule has 2 nitrogen and oxygen atoms in total. The van der Waals surface area contributed by atoms with Gasteiger partial charge in [-0.15, -0.1) is 0 Å². The van der Waals surface area contributed by atoms with E-state index in [1.54, 1.807) is 12.1 Å². The molecule has 2 rings (SSSR count). The minimum atomic E-state index is -0.231. The first-order valence-electron chi connectivity index (χ1n) is 6.65. The second-order valence-electron chi connectivity index (χ2n) is 4.92. The molecule has 0 atom stereocenters. The Morgan fingerprint density at radius 1 is 1.39 bits per heavy atom. The van der Waals surface area contributed by atoms with Crippen LogP contribution < -0.4 is 0 Å². The summed E-state index contributed by atoms with van der Waals surface area (Å²) in [5.41, 5.74) is 1.23. The molecule has 0 N–H and O–H groups in total. The molecule has 0 radical (unpaired) electrons. The largest absolute Gasteiger partial charge is 0.455 e. The zero-order valence-corrected chi connectivity index (χ0v) is 10.9. The topological polar surface area (TPSA) is 26.3 Å². The standard InChI is InChI=1S/C16H20O2/c1-3-13-9-5-6-10-14(13)15(17)18-16(4-2)11-7-8-12-16/h3,5-6,9-10H,1,4,7-8,11-12H2,2H3. The lowest BCUT2D eigenvalue weighted by atomic mass is 9.98. The molecule has 0 heterocycles. The van der Waals surface area contributed by atoms with E-state index in [0.29, 0.717) is 5.56 Å². The van der Waals surface area contributed by atoms with Crippen LogP contribution in [0.5, 0.6) is 0 Å². The number of carbonyl (C=O) groups is 1. The van der Waals surface area contributed by atoms with Crippen molar-refractivity contribution in [2.24, 2.45) is 0 Å². The Kier molecular flexibility index (Phi) is 3.85. The van der Waals surface area contributed by atoms with E-state index in [9.17, 15) is 4.79 Å². The number of hydrogen-bond acceptors (Lipinski definition) is 2. The highest BCUT2D eigenvalue weighted by molar-refractivity contribution is 5.93. The molecular weight excluding hydrogens is 224 g/mol. The van der Waals surface area contributed by atoms with Crippen LogP contribution in [0.2, 0.25) is 0 Å². The molecule has 96 valence electrons. The molecular formula is C16H20O2. The Morgan fingerprint density at radius 2 is 2.06 bits per heavy atom. The van der Waals surface area contributed by atoms with Gasteiger partial charge in [0, 0.05) is 0 Å². The zero-order valence-electron chi connectivity index (χ0n) is 10.9. The van der Waals surface area contributed by atoms with Gasteiger partial charge in [0.25, 0.3) is 0 Å². The van der Waals surface area contributed by atoms with Crippen molar-refractivity contribution in [3.63, 3.8) is 0 Å². The van der Waals surface area contributed by atoms with Gasteiger partial charge in [-0.1, -0.05) is 37.8 Å². The van der Waals surface area contributed by atoms with Crippen LogP contribution in [0, 0.1) is 0 Å². The van der Waals surface area contributed by atoms with E-state index in [0.717, 1.165) is 37.7 Å². The first kappa shape index (κ1) is 12.9. The van der Waals surface area contributed by atoms with Crippen molar-refractivity contribution in [2.75, 3.05) is 0 Å². The fourth-order valence-corrected chi connectivity index (χ4v) is 2.66. The molecule has 0 bridgehead atoms. The summed E-state index contributed by atoms with van der Waals surface area (Å²) in [4.78, 5) is 12.3. The fraction of sp³-hybridized carbons (Fsp3) is 0.438. The Hall–Kier alpha value is -1.57.